The van der Waals surface area contributed by atoms with E-state index in [2.05, 4.69) is 0 Å². The maximum Gasteiger partial charge on any atom is 0.151 e. The van der Waals surface area contributed by atoms with Gasteiger partial charge in [-0.25, -0.2) is 8.42 Å². The molecule has 4 nitrogen and oxygen atoms in total. The van der Waals surface area contributed by atoms with Crippen LogP contribution < -0.4 is 5.73 Å². The molecule has 0 aromatic rings. The third kappa shape index (κ3) is 5.23. The monoisotopic (exact) mass is 209 g/mol. The molecule has 2 atom stereocenters. The topological polar surface area (TPSA) is 69.4 Å². The molecule has 80 valence electrons. The van der Waals surface area contributed by atoms with Gasteiger partial charge in [0.05, 0.1) is 18.0 Å². The number of hydrogen-bond donors (Lipinski definition) is 1. The highest BCUT2D eigenvalue weighted by molar-refractivity contribution is 7.91. The Morgan fingerprint density at radius 2 is 1.77 bits per heavy atom. The molecular formula is C8H19NO3S. The first-order valence-corrected chi connectivity index (χ1v) is 6.26. The van der Waals surface area contributed by atoms with Gasteiger partial charge in [-0.05, 0) is 20.8 Å². The number of ether oxygens (including phenoxy) is 1. The van der Waals surface area contributed by atoms with Gasteiger partial charge in [-0.15, -0.1) is 0 Å². The van der Waals surface area contributed by atoms with Gasteiger partial charge < -0.3 is 10.5 Å². The van der Waals surface area contributed by atoms with Gasteiger partial charge >= 0.3 is 0 Å². The molecule has 0 bridgehead atoms. The predicted molar refractivity (Wildman–Crippen MR) is 53.4 cm³/mol. The molecule has 0 amide bonds. The molecule has 13 heavy (non-hydrogen) atoms. The zero-order valence-corrected chi connectivity index (χ0v) is 9.47. The van der Waals surface area contributed by atoms with E-state index in [1.54, 1.807) is 6.92 Å². The SMILES string of the molecule is CC(C)OCC(N)C(C)S(C)(=O)=O. The van der Waals surface area contributed by atoms with Crippen LogP contribution in [0.15, 0.2) is 0 Å². The maximum absolute atomic E-state index is 11.1. The molecule has 2 unspecified atom stereocenters. The van der Waals surface area contributed by atoms with Crippen LogP contribution in [0.25, 0.3) is 0 Å². The summed E-state index contributed by atoms with van der Waals surface area (Å²) in [5, 5.41) is -0.550. The Bertz CT molecular complexity index is 236. The average molecular weight is 209 g/mol. The Hall–Kier alpha value is -0.130. The highest BCUT2D eigenvalue weighted by Gasteiger charge is 2.22. The summed E-state index contributed by atoms with van der Waals surface area (Å²) >= 11 is 0. The third-order valence-electron chi connectivity index (χ3n) is 1.90. The van der Waals surface area contributed by atoms with Crippen molar-refractivity contribution >= 4 is 9.84 Å². The molecule has 0 fully saturated rings. The molecule has 0 rings (SSSR count). The van der Waals surface area contributed by atoms with Crippen molar-refractivity contribution in [1.29, 1.82) is 0 Å². The molecule has 0 aromatic carbocycles. The lowest BCUT2D eigenvalue weighted by Gasteiger charge is -2.19. The Morgan fingerprint density at radius 3 is 2.08 bits per heavy atom. The van der Waals surface area contributed by atoms with Crippen molar-refractivity contribution in [3.05, 3.63) is 0 Å². The lowest BCUT2D eigenvalue weighted by atomic mass is 10.2. The molecular weight excluding hydrogens is 190 g/mol. The Balaban J connectivity index is 4.05. The van der Waals surface area contributed by atoms with E-state index in [0.29, 0.717) is 0 Å². The van der Waals surface area contributed by atoms with E-state index >= 15 is 0 Å². The standard InChI is InChI=1S/C8H19NO3S/c1-6(2)12-5-8(9)7(3)13(4,10)11/h6-8H,5,9H2,1-4H3. The lowest BCUT2D eigenvalue weighted by molar-refractivity contribution is 0.0682. The number of rotatable bonds is 5. The van der Waals surface area contributed by atoms with Gasteiger partial charge in [-0.1, -0.05) is 0 Å². The predicted octanol–water partition coefficient (Wildman–Crippen LogP) is 0.172. The van der Waals surface area contributed by atoms with E-state index in [-0.39, 0.29) is 12.7 Å². The van der Waals surface area contributed by atoms with Crippen LogP contribution in [0.5, 0.6) is 0 Å². The van der Waals surface area contributed by atoms with Crippen LogP contribution >= 0.6 is 0 Å². The fourth-order valence-corrected chi connectivity index (χ4v) is 1.47. The second-order valence-corrected chi connectivity index (χ2v) is 5.98. The molecule has 0 aliphatic heterocycles. The summed E-state index contributed by atoms with van der Waals surface area (Å²) in [5.41, 5.74) is 5.65. The minimum atomic E-state index is -3.05. The molecule has 0 aliphatic carbocycles. The van der Waals surface area contributed by atoms with E-state index < -0.39 is 21.1 Å². The normalized spacial score (nSPS) is 17.4. The largest absolute Gasteiger partial charge is 0.377 e. The van der Waals surface area contributed by atoms with E-state index in [9.17, 15) is 8.42 Å². The fraction of sp³-hybridized carbons (Fsp3) is 1.00. The molecule has 0 heterocycles. The summed E-state index contributed by atoms with van der Waals surface area (Å²) in [6.45, 7) is 5.66. The van der Waals surface area contributed by atoms with Crippen LogP contribution in [-0.4, -0.2) is 38.7 Å². The Morgan fingerprint density at radius 1 is 1.31 bits per heavy atom. The Labute approximate surface area is 80.4 Å². The van der Waals surface area contributed by atoms with Crippen LogP contribution in [0, 0.1) is 0 Å². The van der Waals surface area contributed by atoms with Crippen molar-refractivity contribution in [3.63, 3.8) is 0 Å². The van der Waals surface area contributed by atoms with Crippen LogP contribution in [0.4, 0.5) is 0 Å². The smallest absolute Gasteiger partial charge is 0.151 e. The minimum Gasteiger partial charge on any atom is -0.377 e. The molecule has 5 heteroatoms. The van der Waals surface area contributed by atoms with Gasteiger partial charge in [0.15, 0.2) is 9.84 Å². The first-order chi connectivity index (χ1) is 5.75. The summed E-state index contributed by atoms with van der Waals surface area (Å²) in [6, 6.07) is -0.447. The van der Waals surface area contributed by atoms with E-state index in [1.165, 1.54) is 6.26 Å². The zero-order valence-electron chi connectivity index (χ0n) is 8.65. The third-order valence-corrected chi connectivity index (χ3v) is 3.60. The van der Waals surface area contributed by atoms with E-state index in [4.69, 9.17) is 10.5 Å². The van der Waals surface area contributed by atoms with Crippen molar-refractivity contribution in [2.75, 3.05) is 12.9 Å². The molecule has 2 N–H and O–H groups in total. The highest BCUT2D eigenvalue weighted by atomic mass is 32.2. The first-order valence-electron chi connectivity index (χ1n) is 4.31. The Kier molecular flexibility index (Phi) is 4.88. The number of nitrogens with two attached hydrogens (primary N) is 1. The molecule has 0 saturated heterocycles. The van der Waals surface area contributed by atoms with Gasteiger partial charge in [0.25, 0.3) is 0 Å². The summed E-state index contributed by atoms with van der Waals surface area (Å²) in [7, 11) is -3.05. The van der Waals surface area contributed by atoms with Crippen molar-refractivity contribution in [1.82, 2.24) is 0 Å². The quantitative estimate of drug-likeness (QED) is 0.701. The highest BCUT2D eigenvalue weighted by Crippen LogP contribution is 2.03. The second-order valence-electron chi connectivity index (χ2n) is 3.58. The van der Waals surface area contributed by atoms with Gasteiger partial charge in [0.2, 0.25) is 0 Å². The van der Waals surface area contributed by atoms with Crippen molar-refractivity contribution in [3.8, 4) is 0 Å². The summed E-state index contributed by atoms with van der Waals surface area (Å²) in [5.74, 6) is 0. The van der Waals surface area contributed by atoms with Crippen LogP contribution in [0.1, 0.15) is 20.8 Å². The first kappa shape index (κ1) is 12.9. The molecule has 0 aromatic heterocycles. The lowest BCUT2D eigenvalue weighted by Crippen LogP contribution is -2.41. The van der Waals surface area contributed by atoms with E-state index in [0.717, 1.165) is 0 Å². The van der Waals surface area contributed by atoms with Gasteiger partial charge in [0.1, 0.15) is 0 Å². The van der Waals surface area contributed by atoms with Crippen molar-refractivity contribution in [2.45, 2.75) is 38.2 Å². The van der Waals surface area contributed by atoms with Crippen molar-refractivity contribution in [2.24, 2.45) is 5.73 Å². The molecule has 0 spiro atoms. The van der Waals surface area contributed by atoms with Crippen LogP contribution in [0.3, 0.4) is 0 Å². The number of hydrogen-bond acceptors (Lipinski definition) is 4. The molecule has 0 saturated carbocycles. The fourth-order valence-electron chi connectivity index (χ4n) is 0.757. The van der Waals surface area contributed by atoms with Crippen LogP contribution in [-0.2, 0) is 14.6 Å². The summed E-state index contributed by atoms with van der Waals surface area (Å²) in [4.78, 5) is 0. The average Bonchev–Trinajstić information content (AvgIpc) is 1.96. The van der Waals surface area contributed by atoms with Gasteiger partial charge in [-0.2, -0.15) is 0 Å². The van der Waals surface area contributed by atoms with Crippen LogP contribution in [0.2, 0.25) is 0 Å². The van der Waals surface area contributed by atoms with Crippen molar-refractivity contribution < 1.29 is 13.2 Å². The van der Waals surface area contributed by atoms with Gasteiger partial charge in [0, 0.05) is 12.3 Å². The summed E-state index contributed by atoms with van der Waals surface area (Å²) in [6.07, 6.45) is 1.27. The van der Waals surface area contributed by atoms with Gasteiger partial charge in [-0.3, -0.25) is 0 Å². The summed E-state index contributed by atoms with van der Waals surface area (Å²) < 4.78 is 27.4. The molecule has 0 aliphatic rings. The minimum absolute atomic E-state index is 0.0813. The second kappa shape index (κ2) is 4.93. The zero-order chi connectivity index (χ0) is 10.6. The number of sulfone groups is 1. The maximum atomic E-state index is 11.1. The molecule has 0 radical (unpaired) electrons. The van der Waals surface area contributed by atoms with E-state index in [1.807, 2.05) is 13.8 Å².